The first-order chi connectivity index (χ1) is 10.6. The summed E-state index contributed by atoms with van der Waals surface area (Å²) in [5.41, 5.74) is 4.20. The van der Waals surface area contributed by atoms with Crippen LogP contribution in [0.1, 0.15) is 21.6 Å². The van der Waals surface area contributed by atoms with Crippen LogP contribution in [-0.2, 0) is 0 Å². The first-order valence-electron chi connectivity index (χ1n) is 7.05. The number of rotatable bonds is 3. The van der Waals surface area contributed by atoms with Crippen molar-refractivity contribution >= 4 is 11.8 Å². The van der Waals surface area contributed by atoms with E-state index in [0.29, 0.717) is 11.4 Å². The second-order valence-electron chi connectivity index (χ2n) is 5.16. The minimum absolute atomic E-state index is 0.215. The lowest BCUT2D eigenvalue weighted by Crippen LogP contribution is -2.11. The molecule has 2 aromatic carbocycles. The van der Waals surface area contributed by atoms with E-state index < -0.39 is 0 Å². The molecule has 0 radical (unpaired) electrons. The third kappa shape index (κ3) is 2.76. The number of nitrogens with one attached hydrogen (secondary N) is 1. The lowest BCUT2D eigenvalue weighted by Gasteiger charge is -2.05. The van der Waals surface area contributed by atoms with Crippen molar-refractivity contribution in [3.63, 3.8) is 0 Å². The number of aromatic nitrogens is 1. The summed E-state index contributed by atoms with van der Waals surface area (Å²) in [7, 11) is 0. The zero-order chi connectivity index (χ0) is 15.5. The van der Waals surface area contributed by atoms with Crippen molar-refractivity contribution in [1.29, 1.82) is 0 Å². The van der Waals surface area contributed by atoms with E-state index in [2.05, 4.69) is 10.5 Å². The van der Waals surface area contributed by atoms with Gasteiger partial charge in [-0.1, -0.05) is 53.2 Å². The highest BCUT2D eigenvalue weighted by Gasteiger charge is 2.17. The Bertz CT molecular complexity index is 790. The molecule has 0 aliphatic heterocycles. The van der Waals surface area contributed by atoms with Gasteiger partial charge in [-0.25, -0.2) is 0 Å². The van der Waals surface area contributed by atoms with E-state index in [0.717, 1.165) is 22.4 Å². The number of hydrogen-bond donors (Lipinski definition) is 1. The average molecular weight is 292 g/mol. The van der Waals surface area contributed by atoms with E-state index in [9.17, 15) is 4.79 Å². The van der Waals surface area contributed by atoms with Crippen molar-refractivity contribution < 1.29 is 9.32 Å². The van der Waals surface area contributed by atoms with Gasteiger partial charge in [-0.15, -0.1) is 0 Å². The van der Waals surface area contributed by atoms with Crippen LogP contribution in [0.15, 0.2) is 59.1 Å². The van der Waals surface area contributed by atoms with Crippen LogP contribution < -0.4 is 5.32 Å². The van der Waals surface area contributed by atoms with E-state index in [1.807, 2.05) is 56.3 Å². The maximum Gasteiger partial charge on any atom is 0.258 e. The fraction of sp³-hybridized carbons (Fsp3) is 0.111. The topological polar surface area (TPSA) is 55.1 Å². The van der Waals surface area contributed by atoms with Crippen LogP contribution in [-0.4, -0.2) is 11.1 Å². The van der Waals surface area contributed by atoms with Crippen LogP contribution in [0.2, 0.25) is 0 Å². The predicted molar refractivity (Wildman–Crippen MR) is 85.8 cm³/mol. The Labute approximate surface area is 128 Å². The first-order valence-corrected chi connectivity index (χ1v) is 7.05. The van der Waals surface area contributed by atoms with Gasteiger partial charge in [0.25, 0.3) is 5.91 Å². The smallest absolute Gasteiger partial charge is 0.258 e. The molecule has 1 aromatic heterocycles. The summed E-state index contributed by atoms with van der Waals surface area (Å²) in [5, 5.41) is 6.76. The molecule has 0 fully saturated rings. The SMILES string of the molecule is Cc1ccc(C(=O)Nc2onc(C)c2-c2ccccc2)cc1. The van der Waals surface area contributed by atoms with Crippen molar-refractivity contribution in [2.24, 2.45) is 0 Å². The van der Waals surface area contributed by atoms with Gasteiger partial charge in [0.05, 0.1) is 11.3 Å². The van der Waals surface area contributed by atoms with E-state index in [1.165, 1.54) is 0 Å². The summed E-state index contributed by atoms with van der Waals surface area (Å²) >= 11 is 0. The van der Waals surface area contributed by atoms with Gasteiger partial charge in [0.1, 0.15) is 0 Å². The molecule has 0 aliphatic carbocycles. The molecule has 1 N–H and O–H groups in total. The molecule has 0 bridgehead atoms. The minimum Gasteiger partial charge on any atom is -0.337 e. The second kappa shape index (κ2) is 5.85. The van der Waals surface area contributed by atoms with Crippen LogP contribution in [0.3, 0.4) is 0 Å². The fourth-order valence-electron chi connectivity index (χ4n) is 2.28. The molecule has 4 nitrogen and oxygen atoms in total. The number of anilines is 1. The summed E-state index contributed by atoms with van der Waals surface area (Å²) in [5.74, 6) is 0.155. The molecule has 3 rings (SSSR count). The van der Waals surface area contributed by atoms with Gasteiger partial charge in [-0.3, -0.25) is 10.1 Å². The number of aryl methyl sites for hydroxylation is 2. The lowest BCUT2D eigenvalue weighted by atomic mass is 10.1. The van der Waals surface area contributed by atoms with Gasteiger partial charge in [-0.2, -0.15) is 0 Å². The third-order valence-corrected chi connectivity index (χ3v) is 3.47. The van der Waals surface area contributed by atoms with E-state index >= 15 is 0 Å². The molecule has 0 atom stereocenters. The summed E-state index contributed by atoms with van der Waals surface area (Å²) in [4.78, 5) is 12.3. The molecule has 0 aliphatic rings. The Morgan fingerprint density at radius 3 is 2.36 bits per heavy atom. The molecule has 1 heterocycles. The molecule has 1 amide bonds. The lowest BCUT2D eigenvalue weighted by molar-refractivity contribution is 0.102. The molecule has 22 heavy (non-hydrogen) atoms. The highest BCUT2D eigenvalue weighted by atomic mass is 16.5. The molecule has 0 unspecified atom stereocenters. The maximum atomic E-state index is 12.3. The number of carbonyl (C=O) groups excluding carboxylic acids is 1. The van der Waals surface area contributed by atoms with E-state index in [-0.39, 0.29) is 5.91 Å². The predicted octanol–water partition coefficient (Wildman–Crippen LogP) is 4.21. The van der Waals surface area contributed by atoms with Crippen molar-refractivity contribution in [2.45, 2.75) is 13.8 Å². The summed E-state index contributed by atoms with van der Waals surface area (Å²) in [6.07, 6.45) is 0. The molecule has 110 valence electrons. The Morgan fingerprint density at radius 1 is 1.00 bits per heavy atom. The first kappa shape index (κ1) is 14.1. The number of hydrogen-bond acceptors (Lipinski definition) is 3. The van der Waals surface area contributed by atoms with Crippen molar-refractivity contribution in [2.75, 3.05) is 5.32 Å². The number of carbonyl (C=O) groups is 1. The van der Waals surface area contributed by atoms with Gasteiger partial charge < -0.3 is 4.52 Å². The zero-order valence-corrected chi connectivity index (χ0v) is 12.5. The maximum absolute atomic E-state index is 12.3. The third-order valence-electron chi connectivity index (χ3n) is 3.47. The Morgan fingerprint density at radius 2 is 1.68 bits per heavy atom. The highest BCUT2D eigenvalue weighted by molar-refractivity contribution is 6.05. The standard InChI is InChI=1S/C18H16N2O2/c1-12-8-10-15(11-9-12)17(21)19-18-16(13(2)20-22-18)14-6-4-3-5-7-14/h3-11H,1-2H3,(H,19,21). The molecule has 3 aromatic rings. The number of nitrogens with zero attached hydrogens (tertiary/aromatic N) is 1. The van der Waals surface area contributed by atoms with Gasteiger partial charge in [-0.05, 0) is 31.5 Å². The van der Waals surface area contributed by atoms with Crippen LogP contribution >= 0.6 is 0 Å². The van der Waals surface area contributed by atoms with Crippen LogP contribution in [0.25, 0.3) is 11.1 Å². The van der Waals surface area contributed by atoms with Gasteiger partial charge >= 0.3 is 0 Å². The van der Waals surface area contributed by atoms with Gasteiger partial charge in [0.15, 0.2) is 0 Å². The quantitative estimate of drug-likeness (QED) is 0.786. The Balaban J connectivity index is 1.90. The minimum atomic E-state index is -0.215. The van der Waals surface area contributed by atoms with E-state index in [1.54, 1.807) is 12.1 Å². The van der Waals surface area contributed by atoms with Gasteiger partial charge in [0.2, 0.25) is 5.88 Å². The Kier molecular flexibility index (Phi) is 3.74. The summed E-state index contributed by atoms with van der Waals surface area (Å²) < 4.78 is 5.28. The fourth-order valence-corrected chi connectivity index (χ4v) is 2.28. The highest BCUT2D eigenvalue weighted by Crippen LogP contribution is 2.31. The summed E-state index contributed by atoms with van der Waals surface area (Å²) in [6.45, 7) is 3.84. The van der Waals surface area contributed by atoms with Crippen LogP contribution in [0, 0.1) is 13.8 Å². The second-order valence-corrected chi connectivity index (χ2v) is 5.16. The van der Waals surface area contributed by atoms with Crippen molar-refractivity contribution in [3.8, 4) is 11.1 Å². The monoisotopic (exact) mass is 292 g/mol. The molecule has 0 saturated heterocycles. The average Bonchev–Trinajstić information content (AvgIpc) is 2.89. The van der Waals surface area contributed by atoms with Crippen molar-refractivity contribution in [1.82, 2.24) is 5.16 Å². The van der Waals surface area contributed by atoms with Crippen LogP contribution in [0.4, 0.5) is 5.88 Å². The number of amides is 1. The Hall–Kier alpha value is -2.88. The molecular weight excluding hydrogens is 276 g/mol. The molecule has 4 heteroatoms. The number of benzene rings is 2. The van der Waals surface area contributed by atoms with E-state index in [4.69, 9.17) is 4.52 Å². The van der Waals surface area contributed by atoms with Crippen LogP contribution in [0.5, 0.6) is 0 Å². The normalized spacial score (nSPS) is 10.5. The molecular formula is C18H16N2O2. The zero-order valence-electron chi connectivity index (χ0n) is 12.5. The molecule has 0 saturated carbocycles. The largest absolute Gasteiger partial charge is 0.337 e. The van der Waals surface area contributed by atoms with Crippen molar-refractivity contribution in [3.05, 3.63) is 71.4 Å². The summed E-state index contributed by atoms with van der Waals surface area (Å²) in [6, 6.07) is 17.1. The van der Waals surface area contributed by atoms with Gasteiger partial charge in [0, 0.05) is 5.56 Å². The molecule has 0 spiro atoms.